The largest absolute Gasteiger partial charge is 0.355 e. The molecule has 94 valence electrons. The fraction of sp³-hybridized carbons (Fsp3) is 0.923. The fourth-order valence-corrected chi connectivity index (χ4v) is 2.21. The highest BCUT2D eigenvalue weighted by atomic mass is 16.2. The minimum absolute atomic E-state index is 0.0850. The number of carbonyl (C=O) groups is 1. The number of amides is 1. The van der Waals surface area contributed by atoms with E-state index < -0.39 is 5.41 Å². The highest BCUT2D eigenvalue weighted by Gasteiger charge is 2.30. The van der Waals surface area contributed by atoms with Crippen LogP contribution in [-0.2, 0) is 4.79 Å². The van der Waals surface area contributed by atoms with Crippen LogP contribution in [0.4, 0.5) is 0 Å². The van der Waals surface area contributed by atoms with E-state index in [-0.39, 0.29) is 5.91 Å². The lowest BCUT2D eigenvalue weighted by molar-refractivity contribution is -0.129. The molecular formula is C13H26N2O. The van der Waals surface area contributed by atoms with Gasteiger partial charge in [0.2, 0.25) is 5.91 Å². The Balaban J connectivity index is 2.41. The first-order valence-corrected chi connectivity index (χ1v) is 6.38. The smallest absolute Gasteiger partial charge is 0.226 e. The van der Waals surface area contributed by atoms with Crippen molar-refractivity contribution in [1.82, 2.24) is 5.32 Å². The molecule has 0 heterocycles. The lowest BCUT2D eigenvalue weighted by Gasteiger charge is -2.34. The summed E-state index contributed by atoms with van der Waals surface area (Å²) in [5, 5.41) is 3.07. The molecule has 0 aliphatic heterocycles. The summed E-state index contributed by atoms with van der Waals surface area (Å²) in [5.74, 6) is 0.0850. The summed E-state index contributed by atoms with van der Waals surface area (Å²) < 4.78 is 0. The monoisotopic (exact) mass is 226 g/mol. The zero-order valence-electron chi connectivity index (χ0n) is 10.9. The van der Waals surface area contributed by atoms with Gasteiger partial charge >= 0.3 is 0 Å². The number of hydrogen-bond acceptors (Lipinski definition) is 2. The Bertz CT molecular complexity index is 242. The molecule has 1 aliphatic rings. The van der Waals surface area contributed by atoms with Gasteiger partial charge in [-0.2, -0.15) is 0 Å². The molecule has 1 fully saturated rings. The van der Waals surface area contributed by atoms with Crippen molar-refractivity contribution in [1.29, 1.82) is 0 Å². The molecule has 0 radical (unpaired) electrons. The molecule has 0 unspecified atom stereocenters. The summed E-state index contributed by atoms with van der Waals surface area (Å²) in [6.07, 6.45) is 6.41. The van der Waals surface area contributed by atoms with E-state index in [0.29, 0.717) is 12.0 Å². The van der Waals surface area contributed by atoms with Crippen LogP contribution in [-0.4, -0.2) is 19.0 Å². The van der Waals surface area contributed by atoms with E-state index >= 15 is 0 Å². The van der Waals surface area contributed by atoms with Crippen LogP contribution >= 0.6 is 0 Å². The summed E-state index contributed by atoms with van der Waals surface area (Å²) in [6, 6.07) is 0. The van der Waals surface area contributed by atoms with Crippen molar-refractivity contribution >= 4 is 5.91 Å². The second kappa shape index (κ2) is 5.17. The van der Waals surface area contributed by atoms with E-state index in [2.05, 4.69) is 12.2 Å². The summed E-state index contributed by atoms with van der Waals surface area (Å²) >= 11 is 0. The van der Waals surface area contributed by atoms with Crippen LogP contribution < -0.4 is 11.1 Å². The lowest BCUT2D eigenvalue weighted by atomic mass is 9.75. The Labute approximate surface area is 99.2 Å². The molecule has 1 saturated carbocycles. The minimum atomic E-state index is -0.439. The molecule has 0 atom stereocenters. The topological polar surface area (TPSA) is 55.1 Å². The predicted octanol–water partition coefficient (Wildman–Crippen LogP) is 2.06. The first-order valence-electron chi connectivity index (χ1n) is 6.38. The second-order valence-corrected chi connectivity index (χ2v) is 6.14. The first-order chi connectivity index (χ1) is 7.40. The van der Waals surface area contributed by atoms with E-state index in [1.807, 2.05) is 13.8 Å². The molecular weight excluding hydrogens is 200 g/mol. The van der Waals surface area contributed by atoms with Crippen molar-refractivity contribution in [2.75, 3.05) is 13.1 Å². The maximum Gasteiger partial charge on any atom is 0.226 e. The lowest BCUT2D eigenvalue weighted by Crippen LogP contribution is -2.45. The zero-order valence-corrected chi connectivity index (χ0v) is 10.9. The molecule has 0 saturated heterocycles. The SMILES string of the molecule is CC1(CNC(=O)C(C)(C)CN)CCCCC1. The average molecular weight is 226 g/mol. The van der Waals surface area contributed by atoms with E-state index in [4.69, 9.17) is 5.73 Å². The normalized spacial score (nSPS) is 20.5. The van der Waals surface area contributed by atoms with Crippen LogP contribution in [0.1, 0.15) is 52.9 Å². The van der Waals surface area contributed by atoms with Gasteiger partial charge in [-0.25, -0.2) is 0 Å². The molecule has 1 rings (SSSR count). The van der Waals surface area contributed by atoms with Crippen molar-refractivity contribution in [2.45, 2.75) is 52.9 Å². The Morgan fingerprint density at radius 3 is 2.38 bits per heavy atom. The highest BCUT2D eigenvalue weighted by Crippen LogP contribution is 2.35. The molecule has 0 bridgehead atoms. The van der Waals surface area contributed by atoms with Gasteiger partial charge in [-0.1, -0.05) is 26.2 Å². The van der Waals surface area contributed by atoms with Gasteiger partial charge in [-0.05, 0) is 32.1 Å². The summed E-state index contributed by atoms with van der Waals surface area (Å²) in [5.41, 5.74) is 5.45. The van der Waals surface area contributed by atoms with Gasteiger partial charge in [0, 0.05) is 13.1 Å². The molecule has 16 heavy (non-hydrogen) atoms. The van der Waals surface area contributed by atoms with Crippen molar-refractivity contribution in [3.8, 4) is 0 Å². The number of nitrogens with two attached hydrogens (primary N) is 1. The van der Waals surface area contributed by atoms with E-state index in [0.717, 1.165) is 6.54 Å². The maximum absolute atomic E-state index is 11.9. The number of hydrogen-bond donors (Lipinski definition) is 2. The van der Waals surface area contributed by atoms with Crippen molar-refractivity contribution in [2.24, 2.45) is 16.6 Å². The third-order valence-electron chi connectivity index (χ3n) is 3.86. The van der Waals surface area contributed by atoms with Gasteiger partial charge in [-0.3, -0.25) is 4.79 Å². The third kappa shape index (κ3) is 3.48. The molecule has 1 amide bonds. The van der Waals surface area contributed by atoms with Crippen LogP contribution in [0, 0.1) is 10.8 Å². The number of nitrogens with one attached hydrogen (secondary N) is 1. The van der Waals surface area contributed by atoms with Crippen LogP contribution in [0.2, 0.25) is 0 Å². The summed E-state index contributed by atoms with van der Waals surface area (Å²) in [4.78, 5) is 11.9. The molecule has 3 nitrogen and oxygen atoms in total. The highest BCUT2D eigenvalue weighted by molar-refractivity contribution is 5.82. The zero-order chi connectivity index (χ0) is 12.2. The number of rotatable bonds is 4. The van der Waals surface area contributed by atoms with E-state index in [1.54, 1.807) is 0 Å². The standard InChI is InChI=1S/C13H26N2O/c1-12(2,9-14)11(16)15-10-13(3)7-5-4-6-8-13/h4-10,14H2,1-3H3,(H,15,16). The first kappa shape index (κ1) is 13.5. The van der Waals surface area contributed by atoms with Crippen LogP contribution in [0.15, 0.2) is 0 Å². The van der Waals surface area contributed by atoms with Gasteiger partial charge in [0.1, 0.15) is 0 Å². The van der Waals surface area contributed by atoms with Gasteiger partial charge in [0.05, 0.1) is 5.41 Å². The fourth-order valence-electron chi connectivity index (χ4n) is 2.21. The van der Waals surface area contributed by atoms with Crippen LogP contribution in [0.25, 0.3) is 0 Å². The van der Waals surface area contributed by atoms with E-state index in [9.17, 15) is 4.79 Å². The van der Waals surface area contributed by atoms with Gasteiger partial charge in [0.15, 0.2) is 0 Å². The second-order valence-electron chi connectivity index (χ2n) is 6.14. The van der Waals surface area contributed by atoms with Gasteiger partial charge in [-0.15, -0.1) is 0 Å². The Morgan fingerprint density at radius 1 is 1.31 bits per heavy atom. The van der Waals surface area contributed by atoms with Crippen molar-refractivity contribution in [3.05, 3.63) is 0 Å². The van der Waals surface area contributed by atoms with Crippen molar-refractivity contribution < 1.29 is 4.79 Å². The summed E-state index contributed by atoms with van der Waals surface area (Å²) in [6.45, 7) is 7.27. The van der Waals surface area contributed by atoms with Crippen molar-refractivity contribution in [3.63, 3.8) is 0 Å². The Morgan fingerprint density at radius 2 is 1.88 bits per heavy atom. The van der Waals surface area contributed by atoms with Crippen LogP contribution in [0.5, 0.6) is 0 Å². The van der Waals surface area contributed by atoms with Gasteiger partial charge in [0.25, 0.3) is 0 Å². The molecule has 0 aromatic rings. The molecule has 3 N–H and O–H groups in total. The molecule has 0 aromatic heterocycles. The predicted molar refractivity (Wildman–Crippen MR) is 67.0 cm³/mol. The minimum Gasteiger partial charge on any atom is -0.355 e. The summed E-state index contributed by atoms with van der Waals surface area (Å²) in [7, 11) is 0. The Kier molecular flexibility index (Phi) is 4.36. The molecule has 0 aromatic carbocycles. The molecule has 0 spiro atoms. The van der Waals surface area contributed by atoms with Gasteiger partial charge < -0.3 is 11.1 Å². The average Bonchev–Trinajstić information content (AvgIpc) is 2.27. The molecule has 3 heteroatoms. The number of carbonyl (C=O) groups excluding carboxylic acids is 1. The van der Waals surface area contributed by atoms with E-state index in [1.165, 1.54) is 32.1 Å². The Hall–Kier alpha value is -0.570. The molecule has 1 aliphatic carbocycles. The van der Waals surface area contributed by atoms with Crippen LogP contribution in [0.3, 0.4) is 0 Å². The quantitative estimate of drug-likeness (QED) is 0.771. The third-order valence-corrected chi connectivity index (χ3v) is 3.86. The maximum atomic E-state index is 11.9.